The van der Waals surface area contributed by atoms with Crippen LogP contribution in [0.4, 0.5) is 4.79 Å². The Balaban J connectivity index is 1.50. The lowest BCUT2D eigenvalue weighted by Gasteiger charge is -2.19. The van der Waals surface area contributed by atoms with Crippen LogP contribution in [0.25, 0.3) is 11.0 Å². The summed E-state index contributed by atoms with van der Waals surface area (Å²) in [7, 11) is 0. The van der Waals surface area contributed by atoms with Crippen molar-refractivity contribution in [2.24, 2.45) is 0 Å². The van der Waals surface area contributed by atoms with Crippen molar-refractivity contribution in [3.63, 3.8) is 0 Å². The first-order valence-corrected chi connectivity index (χ1v) is 12.2. The maximum atomic E-state index is 13.0. The summed E-state index contributed by atoms with van der Waals surface area (Å²) >= 11 is 0. The summed E-state index contributed by atoms with van der Waals surface area (Å²) in [5, 5.41) is 3.53. The van der Waals surface area contributed by atoms with Crippen molar-refractivity contribution in [3.8, 4) is 5.75 Å². The van der Waals surface area contributed by atoms with Crippen LogP contribution in [0.5, 0.6) is 5.75 Å². The average molecular weight is 478 g/mol. The van der Waals surface area contributed by atoms with E-state index in [1.807, 2.05) is 43.3 Å². The Morgan fingerprint density at radius 2 is 1.80 bits per heavy atom. The third kappa shape index (κ3) is 5.73. The first-order chi connectivity index (χ1) is 17.0. The largest absolute Gasteiger partial charge is 0.445 e. The Morgan fingerprint density at radius 1 is 1.06 bits per heavy atom. The van der Waals surface area contributed by atoms with E-state index in [1.165, 1.54) is 0 Å². The number of carbonyl (C=O) groups is 2. The normalized spacial score (nSPS) is 13.7. The maximum absolute atomic E-state index is 13.0. The van der Waals surface area contributed by atoms with Crippen LogP contribution < -0.4 is 15.7 Å². The van der Waals surface area contributed by atoms with E-state index in [-0.39, 0.29) is 12.2 Å². The van der Waals surface area contributed by atoms with Crippen molar-refractivity contribution in [2.75, 3.05) is 0 Å². The zero-order valence-electron chi connectivity index (χ0n) is 20.2. The highest BCUT2D eigenvalue weighted by Gasteiger charge is 2.25. The molecule has 1 amide bonds. The molecule has 0 saturated heterocycles. The van der Waals surface area contributed by atoms with Crippen LogP contribution in [0.3, 0.4) is 0 Å². The molecule has 1 aliphatic rings. The van der Waals surface area contributed by atoms with E-state index < -0.39 is 18.1 Å². The fourth-order valence-electron chi connectivity index (χ4n) is 4.48. The van der Waals surface area contributed by atoms with Crippen LogP contribution in [0.1, 0.15) is 61.3 Å². The van der Waals surface area contributed by atoms with Gasteiger partial charge >= 0.3 is 17.7 Å². The Morgan fingerprint density at radius 3 is 2.54 bits per heavy atom. The lowest BCUT2D eigenvalue weighted by atomic mass is 9.90. The number of carbonyl (C=O) groups excluding carboxylic acids is 2. The lowest BCUT2D eigenvalue weighted by molar-refractivity contribution is -0.136. The molecule has 0 saturated carbocycles. The van der Waals surface area contributed by atoms with Gasteiger partial charge in [0.2, 0.25) is 0 Å². The Labute approximate surface area is 204 Å². The number of hydrogen-bond acceptors (Lipinski definition) is 6. The van der Waals surface area contributed by atoms with Crippen molar-refractivity contribution < 1.29 is 23.5 Å². The minimum Gasteiger partial charge on any atom is -0.445 e. The molecule has 0 spiro atoms. The number of ether oxygens (including phenoxy) is 2. The van der Waals surface area contributed by atoms with Gasteiger partial charge in [-0.15, -0.1) is 0 Å². The van der Waals surface area contributed by atoms with E-state index in [0.717, 1.165) is 60.6 Å². The van der Waals surface area contributed by atoms with Gasteiger partial charge in [0.05, 0.1) is 0 Å². The maximum Gasteiger partial charge on any atom is 0.408 e. The Hall–Kier alpha value is -3.61. The highest BCUT2D eigenvalue weighted by Crippen LogP contribution is 2.32. The number of nitrogens with one attached hydrogen (secondary N) is 1. The summed E-state index contributed by atoms with van der Waals surface area (Å²) in [6, 6.07) is 12.0. The van der Waals surface area contributed by atoms with Gasteiger partial charge < -0.3 is 19.2 Å². The third-order valence-electron chi connectivity index (χ3n) is 6.44. The molecule has 0 aliphatic heterocycles. The fourth-order valence-corrected chi connectivity index (χ4v) is 4.48. The van der Waals surface area contributed by atoms with Crippen LogP contribution in [-0.2, 0) is 29.0 Å². The number of benzene rings is 2. The van der Waals surface area contributed by atoms with Gasteiger partial charge in [-0.05, 0) is 62.3 Å². The molecule has 0 fully saturated rings. The Kier molecular flexibility index (Phi) is 7.85. The van der Waals surface area contributed by atoms with E-state index in [9.17, 15) is 14.4 Å². The molecule has 4 rings (SSSR count). The van der Waals surface area contributed by atoms with Crippen molar-refractivity contribution >= 4 is 23.0 Å². The monoisotopic (exact) mass is 477 g/mol. The van der Waals surface area contributed by atoms with E-state index in [0.29, 0.717) is 23.3 Å². The Bertz CT molecular complexity index is 1260. The number of fused-ring (bicyclic) bond motifs is 3. The molecule has 184 valence electrons. The summed E-state index contributed by atoms with van der Waals surface area (Å²) in [5.74, 6) is -0.278. The predicted molar refractivity (Wildman–Crippen MR) is 133 cm³/mol. The summed E-state index contributed by atoms with van der Waals surface area (Å²) < 4.78 is 16.6. The van der Waals surface area contributed by atoms with Crippen molar-refractivity contribution in [1.82, 2.24) is 5.32 Å². The van der Waals surface area contributed by atoms with E-state index >= 15 is 0 Å². The molecule has 1 heterocycles. The second kappa shape index (κ2) is 11.2. The molecule has 1 aliphatic carbocycles. The molecule has 1 N–H and O–H groups in total. The quantitative estimate of drug-likeness (QED) is 0.266. The smallest absolute Gasteiger partial charge is 0.408 e. The van der Waals surface area contributed by atoms with Gasteiger partial charge in [-0.1, -0.05) is 50.1 Å². The number of hydrogen-bond donors (Lipinski definition) is 1. The summed E-state index contributed by atoms with van der Waals surface area (Å²) in [4.78, 5) is 37.9. The number of aryl methyl sites for hydroxylation is 2. The van der Waals surface area contributed by atoms with Crippen LogP contribution >= 0.6 is 0 Å². The van der Waals surface area contributed by atoms with Gasteiger partial charge in [-0.3, -0.25) is 0 Å². The zero-order valence-corrected chi connectivity index (χ0v) is 20.2. The molecular weight excluding hydrogens is 446 g/mol. The van der Waals surface area contributed by atoms with E-state index in [2.05, 4.69) is 5.32 Å². The molecule has 7 heteroatoms. The van der Waals surface area contributed by atoms with Crippen LogP contribution in [0, 0.1) is 6.92 Å². The minimum absolute atomic E-state index is 0.107. The molecular formula is C28H31NO6. The van der Waals surface area contributed by atoms with E-state index in [1.54, 1.807) is 13.0 Å². The number of esters is 1. The van der Waals surface area contributed by atoms with Crippen molar-refractivity contribution in [2.45, 2.75) is 71.4 Å². The molecule has 1 atom stereocenters. The zero-order chi connectivity index (χ0) is 24.8. The van der Waals surface area contributed by atoms with Crippen LogP contribution in [0.15, 0.2) is 51.7 Å². The van der Waals surface area contributed by atoms with Crippen LogP contribution in [0.2, 0.25) is 0 Å². The number of rotatable bonds is 8. The summed E-state index contributed by atoms with van der Waals surface area (Å²) in [5.41, 5.74) is 3.36. The molecule has 3 aromatic rings. The standard InChI is InChI=1S/C28H31NO6/c1-3-4-14-23(29-28(32)33-17-19-10-6-5-7-11-19)27(31)34-24-16-15-21-20-12-8-9-13-22(20)26(30)35-25(21)18(24)2/h5-7,10-11,15-16,23H,3-4,8-9,12-14,17H2,1-2H3,(H,29,32)/t23-/m1/s1. The number of unbranched alkanes of at least 4 members (excludes halogenated alkanes) is 1. The molecule has 2 aromatic carbocycles. The van der Waals surface area contributed by atoms with Crippen molar-refractivity contribution in [1.29, 1.82) is 0 Å². The SMILES string of the molecule is CCCC[C@@H](NC(=O)OCc1ccccc1)C(=O)Oc1ccc2c3c(c(=O)oc2c1C)CCCC3. The van der Waals surface area contributed by atoms with Gasteiger partial charge in [0, 0.05) is 16.5 Å². The minimum atomic E-state index is -0.858. The van der Waals surface area contributed by atoms with Gasteiger partial charge in [-0.2, -0.15) is 0 Å². The van der Waals surface area contributed by atoms with Gasteiger partial charge in [0.15, 0.2) is 0 Å². The molecule has 1 aromatic heterocycles. The first-order valence-electron chi connectivity index (χ1n) is 12.2. The average Bonchev–Trinajstić information content (AvgIpc) is 2.88. The molecule has 0 bridgehead atoms. The number of amides is 1. The summed E-state index contributed by atoms with van der Waals surface area (Å²) in [6.07, 6.45) is 4.92. The summed E-state index contributed by atoms with van der Waals surface area (Å²) in [6.45, 7) is 3.88. The third-order valence-corrected chi connectivity index (χ3v) is 6.44. The van der Waals surface area contributed by atoms with Crippen molar-refractivity contribution in [3.05, 3.63) is 75.1 Å². The molecule has 7 nitrogen and oxygen atoms in total. The first kappa shape index (κ1) is 24.5. The number of alkyl carbamates (subject to hydrolysis) is 1. The predicted octanol–water partition coefficient (Wildman–Crippen LogP) is 5.37. The van der Waals surface area contributed by atoms with Gasteiger partial charge in [0.25, 0.3) is 0 Å². The topological polar surface area (TPSA) is 94.8 Å². The van der Waals surface area contributed by atoms with Gasteiger partial charge in [-0.25, -0.2) is 14.4 Å². The fraction of sp³-hybridized carbons (Fsp3) is 0.393. The highest BCUT2D eigenvalue weighted by atomic mass is 16.6. The molecule has 35 heavy (non-hydrogen) atoms. The highest BCUT2D eigenvalue weighted by molar-refractivity contribution is 5.88. The molecule has 0 unspecified atom stereocenters. The lowest BCUT2D eigenvalue weighted by Crippen LogP contribution is -2.43. The van der Waals surface area contributed by atoms with Crippen LogP contribution in [-0.4, -0.2) is 18.1 Å². The van der Waals surface area contributed by atoms with Gasteiger partial charge in [0.1, 0.15) is 24.0 Å². The second-order valence-corrected chi connectivity index (χ2v) is 8.94. The van der Waals surface area contributed by atoms with E-state index in [4.69, 9.17) is 13.9 Å². The second-order valence-electron chi connectivity index (χ2n) is 8.94. The molecule has 0 radical (unpaired) electrons.